The van der Waals surface area contributed by atoms with Gasteiger partial charge in [0.2, 0.25) is 0 Å². The first kappa shape index (κ1) is 12.6. The molecule has 1 aromatic carbocycles. The van der Waals surface area contributed by atoms with E-state index < -0.39 is 0 Å². The third kappa shape index (κ3) is 3.86. The van der Waals surface area contributed by atoms with Crippen LogP contribution in [0.2, 0.25) is 0 Å². The van der Waals surface area contributed by atoms with Crippen LogP contribution in [0.1, 0.15) is 26.3 Å². The topological polar surface area (TPSA) is 20.2 Å². The molecular formula is C13H19BrO. The SMILES string of the molecule is CC(C)(C)C(CBr)Cc1cccc(O)c1. The second kappa shape index (κ2) is 5.02. The lowest BCUT2D eigenvalue weighted by atomic mass is 9.78. The molecule has 0 aromatic heterocycles. The third-order valence-electron chi connectivity index (χ3n) is 2.80. The molecule has 1 atom stereocenters. The van der Waals surface area contributed by atoms with Gasteiger partial charge in [0, 0.05) is 5.33 Å². The van der Waals surface area contributed by atoms with Crippen LogP contribution in [0.25, 0.3) is 0 Å². The molecule has 1 aromatic rings. The third-order valence-corrected chi connectivity index (χ3v) is 3.59. The Morgan fingerprint density at radius 2 is 2.00 bits per heavy atom. The molecule has 1 N–H and O–H groups in total. The minimum absolute atomic E-state index is 0.287. The van der Waals surface area contributed by atoms with E-state index >= 15 is 0 Å². The first-order valence-corrected chi connectivity index (χ1v) is 6.39. The van der Waals surface area contributed by atoms with Crippen molar-refractivity contribution >= 4 is 15.9 Å². The van der Waals surface area contributed by atoms with E-state index in [0.717, 1.165) is 11.8 Å². The number of benzene rings is 1. The molecule has 1 rings (SSSR count). The fourth-order valence-corrected chi connectivity index (χ4v) is 2.76. The first-order valence-electron chi connectivity index (χ1n) is 5.27. The summed E-state index contributed by atoms with van der Waals surface area (Å²) in [5.41, 5.74) is 1.49. The number of phenols is 1. The van der Waals surface area contributed by atoms with Gasteiger partial charge in [-0.3, -0.25) is 0 Å². The summed E-state index contributed by atoms with van der Waals surface area (Å²) in [4.78, 5) is 0. The fraction of sp³-hybridized carbons (Fsp3) is 0.538. The van der Waals surface area contributed by atoms with Crippen LogP contribution in [0.4, 0.5) is 0 Å². The number of aromatic hydroxyl groups is 1. The van der Waals surface area contributed by atoms with Crippen LogP contribution in [0, 0.1) is 11.3 Å². The Kier molecular flexibility index (Phi) is 4.21. The van der Waals surface area contributed by atoms with Gasteiger partial charge in [-0.05, 0) is 35.4 Å². The summed E-state index contributed by atoms with van der Waals surface area (Å²) in [6, 6.07) is 7.53. The second-order valence-corrected chi connectivity index (χ2v) is 5.74. The highest BCUT2D eigenvalue weighted by molar-refractivity contribution is 9.09. The highest BCUT2D eigenvalue weighted by Crippen LogP contribution is 2.31. The average Bonchev–Trinajstić information content (AvgIpc) is 2.12. The van der Waals surface area contributed by atoms with Crippen molar-refractivity contribution in [1.82, 2.24) is 0 Å². The molecule has 0 amide bonds. The highest BCUT2D eigenvalue weighted by atomic mass is 79.9. The van der Waals surface area contributed by atoms with E-state index in [0.29, 0.717) is 11.7 Å². The van der Waals surface area contributed by atoms with Crippen molar-refractivity contribution in [2.45, 2.75) is 27.2 Å². The lowest BCUT2D eigenvalue weighted by Crippen LogP contribution is -2.23. The molecule has 1 nitrogen and oxygen atoms in total. The molecule has 0 bridgehead atoms. The molecule has 0 saturated heterocycles. The predicted octanol–water partition coefficient (Wildman–Crippen LogP) is 3.99. The number of phenolic OH excluding ortho intramolecular Hbond substituents is 1. The van der Waals surface area contributed by atoms with Gasteiger partial charge in [0.05, 0.1) is 0 Å². The Morgan fingerprint density at radius 1 is 1.33 bits per heavy atom. The fourth-order valence-electron chi connectivity index (χ4n) is 1.56. The van der Waals surface area contributed by atoms with E-state index in [4.69, 9.17) is 0 Å². The van der Waals surface area contributed by atoms with Gasteiger partial charge in [-0.15, -0.1) is 0 Å². The Labute approximate surface area is 101 Å². The van der Waals surface area contributed by atoms with Crippen LogP contribution >= 0.6 is 15.9 Å². The zero-order valence-corrected chi connectivity index (χ0v) is 11.2. The minimum atomic E-state index is 0.287. The number of hydrogen-bond donors (Lipinski definition) is 1. The Morgan fingerprint density at radius 3 is 2.47 bits per heavy atom. The zero-order valence-electron chi connectivity index (χ0n) is 9.63. The van der Waals surface area contributed by atoms with Crippen LogP contribution in [0.15, 0.2) is 24.3 Å². The van der Waals surface area contributed by atoms with Crippen molar-refractivity contribution in [2.75, 3.05) is 5.33 Å². The summed E-state index contributed by atoms with van der Waals surface area (Å²) in [6.45, 7) is 6.76. The smallest absolute Gasteiger partial charge is 0.115 e. The molecule has 0 radical (unpaired) electrons. The van der Waals surface area contributed by atoms with E-state index in [-0.39, 0.29) is 5.41 Å². The lowest BCUT2D eigenvalue weighted by Gasteiger charge is -2.29. The van der Waals surface area contributed by atoms with Crippen molar-refractivity contribution in [3.8, 4) is 5.75 Å². The standard InChI is InChI=1S/C13H19BrO/c1-13(2,3)11(9-14)7-10-5-4-6-12(15)8-10/h4-6,8,11,15H,7,9H2,1-3H3. The van der Waals surface area contributed by atoms with Gasteiger partial charge in [-0.1, -0.05) is 48.8 Å². The minimum Gasteiger partial charge on any atom is -0.508 e. The molecule has 0 fully saturated rings. The number of halogens is 1. The van der Waals surface area contributed by atoms with Crippen LogP contribution in [0.5, 0.6) is 5.75 Å². The van der Waals surface area contributed by atoms with E-state index in [1.54, 1.807) is 6.07 Å². The van der Waals surface area contributed by atoms with E-state index in [9.17, 15) is 5.11 Å². The summed E-state index contributed by atoms with van der Waals surface area (Å²) >= 11 is 3.57. The van der Waals surface area contributed by atoms with Crippen molar-refractivity contribution < 1.29 is 5.11 Å². The molecule has 1 unspecified atom stereocenters. The van der Waals surface area contributed by atoms with Gasteiger partial charge < -0.3 is 5.11 Å². The quantitative estimate of drug-likeness (QED) is 0.824. The molecular weight excluding hydrogens is 252 g/mol. The van der Waals surface area contributed by atoms with Gasteiger partial charge in [0.15, 0.2) is 0 Å². The molecule has 0 saturated carbocycles. The summed E-state index contributed by atoms with van der Waals surface area (Å²) in [7, 11) is 0. The van der Waals surface area contributed by atoms with Gasteiger partial charge >= 0.3 is 0 Å². The maximum atomic E-state index is 9.39. The Hall–Kier alpha value is -0.500. The number of rotatable bonds is 3. The normalized spacial score (nSPS) is 13.9. The van der Waals surface area contributed by atoms with Crippen LogP contribution in [0.3, 0.4) is 0 Å². The van der Waals surface area contributed by atoms with Gasteiger partial charge in [-0.25, -0.2) is 0 Å². The van der Waals surface area contributed by atoms with E-state index in [1.807, 2.05) is 12.1 Å². The van der Waals surface area contributed by atoms with Crippen molar-refractivity contribution in [3.63, 3.8) is 0 Å². The molecule has 15 heavy (non-hydrogen) atoms. The molecule has 2 heteroatoms. The summed E-state index contributed by atoms with van der Waals surface area (Å²) in [5.74, 6) is 0.939. The summed E-state index contributed by atoms with van der Waals surface area (Å²) < 4.78 is 0. The molecule has 84 valence electrons. The molecule has 0 aliphatic rings. The van der Waals surface area contributed by atoms with Gasteiger partial charge in [0.25, 0.3) is 0 Å². The predicted molar refractivity (Wildman–Crippen MR) is 68.5 cm³/mol. The zero-order chi connectivity index (χ0) is 11.5. The lowest BCUT2D eigenvalue weighted by molar-refractivity contribution is 0.266. The second-order valence-electron chi connectivity index (χ2n) is 5.09. The van der Waals surface area contributed by atoms with Crippen molar-refractivity contribution in [3.05, 3.63) is 29.8 Å². The first-order chi connectivity index (χ1) is 6.93. The molecule has 0 spiro atoms. The van der Waals surface area contributed by atoms with E-state index in [1.165, 1.54) is 5.56 Å². The highest BCUT2D eigenvalue weighted by Gasteiger charge is 2.23. The molecule has 0 heterocycles. The van der Waals surface area contributed by atoms with Gasteiger partial charge in [-0.2, -0.15) is 0 Å². The monoisotopic (exact) mass is 270 g/mol. The van der Waals surface area contributed by atoms with Gasteiger partial charge in [0.1, 0.15) is 5.75 Å². The average molecular weight is 271 g/mol. The molecule has 0 aliphatic carbocycles. The van der Waals surface area contributed by atoms with Crippen molar-refractivity contribution in [2.24, 2.45) is 11.3 Å². The Bertz CT molecular complexity index is 315. The van der Waals surface area contributed by atoms with Crippen molar-refractivity contribution in [1.29, 1.82) is 0 Å². The Balaban J connectivity index is 2.76. The number of hydrogen-bond acceptors (Lipinski definition) is 1. The van der Waals surface area contributed by atoms with Crippen LogP contribution < -0.4 is 0 Å². The van der Waals surface area contributed by atoms with E-state index in [2.05, 4.69) is 42.8 Å². The summed E-state index contributed by atoms with van der Waals surface area (Å²) in [5, 5.41) is 10.4. The van der Waals surface area contributed by atoms with Crippen LogP contribution in [-0.4, -0.2) is 10.4 Å². The maximum absolute atomic E-state index is 9.39. The van der Waals surface area contributed by atoms with Crippen LogP contribution in [-0.2, 0) is 6.42 Å². The summed E-state index contributed by atoms with van der Waals surface area (Å²) in [6.07, 6.45) is 1.00. The maximum Gasteiger partial charge on any atom is 0.115 e. The largest absolute Gasteiger partial charge is 0.508 e. The number of alkyl halides is 1. The molecule has 0 aliphatic heterocycles.